The summed E-state index contributed by atoms with van der Waals surface area (Å²) in [4.78, 5) is 11.6. The fourth-order valence-electron chi connectivity index (χ4n) is 1.26. The summed E-state index contributed by atoms with van der Waals surface area (Å²) in [6.45, 7) is 7.86. The Morgan fingerprint density at radius 2 is 2.00 bits per heavy atom. The van der Waals surface area contributed by atoms with Crippen molar-refractivity contribution in [3.8, 4) is 0 Å². The van der Waals surface area contributed by atoms with E-state index in [1.165, 1.54) is 6.07 Å². The Bertz CT molecular complexity index is 410. The first-order chi connectivity index (χ1) is 7.78. The Kier molecular flexibility index (Phi) is 4.23. The van der Waals surface area contributed by atoms with E-state index in [0.717, 1.165) is 5.56 Å². The molecule has 0 saturated carbocycles. The summed E-state index contributed by atoms with van der Waals surface area (Å²) in [5.74, 6) is -0.656. The maximum Gasteiger partial charge on any atom is 0.238 e. The number of amides is 1. The van der Waals surface area contributed by atoms with E-state index in [4.69, 9.17) is 0 Å². The first-order valence-corrected chi connectivity index (χ1v) is 5.59. The standard InChI is InChI=1S/C13H19FN2O/c1-9-5-6-11(10(14)7-9)16-12(17)8-15-13(2,3)4/h5-7,15H,8H2,1-4H3,(H,16,17). The highest BCUT2D eigenvalue weighted by Gasteiger charge is 2.12. The maximum absolute atomic E-state index is 13.4. The van der Waals surface area contributed by atoms with Gasteiger partial charge >= 0.3 is 0 Å². The molecule has 0 spiro atoms. The van der Waals surface area contributed by atoms with Crippen LogP contribution < -0.4 is 10.6 Å². The highest BCUT2D eigenvalue weighted by Crippen LogP contribution is 2.14. The molecule has 4 heteroatoms. The molecule has 0 aliphatic heterocycles. The van der Waals surface area contributed by atoms with Gasteiger partial charge in [-0.25, -0.2) is 4.39 Å². The van der Waals surface area contributed by atoms with Crippen molar-refractivity contribution in [2.45, 2.75) is 33.2 Å². The number of rotatable bonds is 3. The van der Waals surface area contributed by atoms with Gasteiger partial charge in [-0.2, -0.15) is 0 Å². The van der Waals surface area contributed by atoms with Crippen molar-refractivity contribution in [2.75, 3.05) is 11.9 Å². The molecule has 1 aromatic carbocycles. The number of hydrogen-bond acceptors (Lipinski definition) is 2. The smallest absolute Gasteiger partial charge is 0.238 e. The highest BCUT2D eigenvalue weighted by molar-refractivity contribution is 5.92. The fourth-order valence-corrected chi connectivity index (χ4v) is 1.26. The van der Waals surface area contributed by atoms with Crippen molar-refractivity contribution >= 4 is 11.6 Å². The Morgan fingerprint density at radius 3 is 2.53 bits per heavy atom. The molecule has 0 aliphatic carbocycles. The molecule has 0 aliphatic rings. The van der Waals surface area contributed by atoms with E-state index in [9.17, 15) is 9.18 Å². The summed E-state index contributed by atoms with van der Waals surface area (Å²) in [6, 6.07) is 4.72. The molecule has 94 valence electrons. The van der Waals surface area contributed by atoms with Crippen LogP contribution in [0.5, 0.6) is 0 Å². The number of aryl methyl sites for hydroxylation is 1. The molecule has 0 bridgehead atoms. The summed E-state index contributed by atoms with van der Waals surface area (Å²) in [5, 5.41) is 5.57. The van der Waals surface area contributed by atoms with E-state index in [1.807, 2.05) is 20.8 Å². The third-order valence-corrected chi connectivity index (χ3v) is 2.18. The van der Waals surface area contributed by atoms with Gasteiger partial charge in [0.1, 0.15) is 5.82 Å². The lowest BCUT2D eigenvalue weighted by atomic mass is 10.1. The third-order valence-electron chi connectivity index (χ3n) is 2.18. The van der Waals surface area contributed by atoms with E-state index < -0.39 is 5.82 Å². The van der Waals surface area contributed by atoms with E-state index in [1.54, 1.807) is 19.1 Å². The average molecular weight is 238 g/mol. The summed E-state index contributed by atoms with van der Waals surface area (Å²) in [6.07, 6.45) is 0. The fraction of sp³-hybridized carbons (Fsp3) is 0.462. The van der Waals surface area contributed by atoms with Crippen LogP contribution in [0.3, 0.4) is 0 Å². The monoisotopic (exact) mass is 238 g/mol. The predicted octanol–water partition coefficient (Wildman–Crippen LogP) is 2.46. The Labute approximate surface area is 101 Å². The normalized spacial score (nSPS) is 11.4. The second-order valence-corrected chi connectivity index (χ2v) is 5.14. The summed E-state index contributed by atoms with van der Waals surface area (Å²) in [7, 11) is 0. The quantitative estimate of drug-likeness (QED) is 0.849. The van der Waals surface area contributed by atoms with Gasteiger partial charge in [0.05, 0.1) is 12.2 Å². The molecule has 0 atom stereocenters. The lowest BCUT2D eigenvalue weighted by Gasteiger charge is -2.20. The zero-order valence-corrected chi connectivity index (χ0v) is 10.7. The molecule has 17 heavy (non-hydrogen) atoms. The van der Waals surface area contributed by atoms with Crippen molar-refractivity contribution in [3.63, 3.8) is 0 Å². The third kappa shape index (κ3) is 4.95. The molecule has 0 fully saturated rings. The minimum Gasteiger partial charge on any atom is -0.322 e. The molecule has 3 nitrogen and oxygen atoms in total. The second-order valence-electron chi connectivity index (χ2n) is 5.14. The van der Waals surface area contributed by atoms with Crippen LogP contribution in [0.1, 0.15) is 26.3 Å². The zero-order chi connectivity index (χ0) is 13.1. The van der Waals surface area contributed by atoms with Crippen LogP contribution >= 0.6 is 0 Å². The van der Waals surface area contributed by atoms with E-state index in [2.05, 4.69) is 10.6 Å². The van der Waals surface area contributed by atoms with Gasteiger partial charge in [0.25, 0.3) is 0 Å². The average Bonchev–Trinajstić information content (AvgIpc) is 2.18. The van der Waals surface area contributed by atoms with Crippen molar-refractivity contribution in [1.29, 1.82) is 0 Å². The number of anilines is 1. The molecule has 0 radical (unpaired) electrons. The largest absolute Gasteiger partial charge is 0.322 e. The van der Waals surface area contributed by atoms with Crippen LogP contribution in [-0.4, -0.2) is 18.0 Å². The zero-order valence-electron chi connectivity index (χ0n) is 10.7. The number of halogens is 1. The van der Waals surface area contributed by atoms with E-state index in [0.29, 0.717) is 0 Å². The molecular weight excluding hydrogens is 219 g/mol. The van der Waals surface area contributed by atoms with Crippen molar-refractivity contribution in [1.82, 2.24) is 5.32 Å². The van der Waals surface area contributed by atoms with Crippen molar-refractivity contribution in [3.05, 3.63) is 29.6 Å². The summed E-state index contributed by atoms with van der Waals surface area (Å²) >= 11 is 0. The van der Waals surface area contributed by atoms with Gasteiger partial charge in [-0.05, 0) is 45.4 Å². The molecule has 0 unspecified atom stereocenters. The van der Waals surface area contributed by atoms with Crippen LogP contribution in [0.4, 0.5) is 10.1 Å². The highest BCUT2D eigenvalue weighted by atomic mass is 19.1. The van der Waals surface area contributed by atoms with Gasteiger partial charge in [-0.1, -0.05) is 6.07 Å². The maximum atomic E-state index is 13.4. The van der Waals surface area contributed by atoms with Crippen molar-refractivity contribution < 1.29 is 9.18 Å². The van der Waals surface area contributed by atoms with Crippen LogP contribution in [0, 0.1) is 12.7 Å². The van der Waals surface area contributed by atoms with Gasteiger partial charge in [0.15, 0.2) is 0 Å². The van der Waals surface area contributed by atoms with Crippen LogP contribution in [0.15, 0.2) is 18.2 Å². The molecule has 0 aromatic heterocycles. The molecule has 0 heterocycles. The minimum absolute atomic E-state index is 0.136. The van der Waals surface area contributed by atoms with Gasteiger partial charge in [0.2, 0.25) is 5.91 Å². The minimum atomic E-state index is -0.408. The first kappa shape index (κ1) is 13.6. The van der Waals surface area contributed by atoms with Gasteiger partial charge < -0.3 is 10.6 Å². The number of carbonyl (C=O) groups excluding carboxylic acids is 1. The molecule has 1 aromatic rings. The molecule has 0 saturated heterocycles. The van der Waals surface area contributed by atoms with E-state index >= 15 is 0 Å². The van der Waals surface area contributed by atoms with Gasteiger partial charge in [-0.15, -0.1) is 0 Å². The molecule has 2 N–H and O–H groups in total. The number of benzene rings is 1. The van der Waals surface area contributed by atoms with E-state index in [-0.39, 0.29) is 23.7 Å². The van der Waals surface area contributed by atoms with Crippen LogP contribution in [0.2, 0.25) is 0 Å². The number of nitrogens with one attached hydrogen (secondary N) is 2. The van der Waals surface area contributed by atoms with Gasteiger partial charge in [0, 0.05) is 5.54 Å². The van der Waals surface area contributed by atoms with Crippen LogP contribution in [-0.2, 0) is 4.79 Å². The Balaban J connectivity index is 2.57. The molecule has 1 rings (SSSR count). The number of carbonyl (C=O) groups is 1. The predicted molar refractivity (Wildman–Crippen MR) is 67.5 cm³/mol. The van der Waals surface area contributed by atoms with Crippen LogP contribution in [0.25, 0.3) is 0 Å². The lowest BCUT2D eigenvalue weighted by molar-refractivity contribution is -0.115. The molecule has 1 amide bonds. The second kappa shape index (κ2) is 5.27. The number of hydrogen-bond donors (Lipinski definition) is 2. The van der Waals surface area contributed by atoms with Gasteiger partial charge in [-0.3, -0.25) is 4.79 Å². The first-order valence-electron chi connectivity index (χ1n) is 5.59. The Hall–Kier alpha value is -1.42. The summed E-state index contributed by atoms with van der Waals surface area (Å²) < 4.78 is 13.4. The topological polar surface area (TPSA) is 41.1 Å². The lowest BCUT2D eigenvalue weighted by Crippen LogP contribution is -2.41. The molecular formula is C13H19FN2O. The Morgan fingerprint density at radius 1 is 1.35 bits per heavy atom. The summed E-state index contributed by atoms with van der Waals surface area (Å²) in [5.41, 5.74) is 0.910. The van der Waals surface area contributed by atoms with Crippen molar-refractivity contribution in [2.24, 2.45) is 0 Å². The SMILES string of the molecule is Cc1ccc(NC(=O)CNC(C)(C)C)c(F)c1.